The van der Waals surface area contributed by atoms with Crippen LogP contribution in [0.5, 0.6) is 5.75 Å². The molecule has 3 rings (SSSR count). The van der Waals surface area contributed by atoms with E-state index >= 15 is 0 Å². The summed E-state index contributed by atoms with van der Waals surface area (Å²) in [5, 5.41) is 2.77. The largest absolute Gasteiger partial charge is 0.478 e. The average molecular weight is 358 g/mol. The topological polar surface area (TPSA) is 67.3 Å². The smallest absolute Gasteiger partial charge is 0.261 e. The number of para-hydroxylation sites is 1. The van der Waals surface area contributed by atoms with Crippen LogP contribution in [0.1, 0.15) is 31.9 Å². The highest BCUT2D eigenvalue weighted by Gasteiger charge is 2.17. The van der Waals surface area contributed by atoms with E-state index in [1.807, 2.05) is 0 Å². The lowest BCUT2D eigenvalue weighted by Gasteiger charge is -2.26. The van der Waals surface area contributed by atoms with Gasteiger partial charge in [-0.2, -0.15) is 0 Å². The van der Waals surface area contributed by atoms with Gasteiger partial charge in [-0.15, -0.1) is 0 Å². The van der Waals surface area contributed by atoms with Crippen LogP contribution in [0, 0.1) is 5.82 Å². The van der Waals surface area contributed by atoms with Crippen LogP contribution in [0.25, 0.3) is 0 Å². The number of amides is 1. The number of piperidine rings is 1. The molecule has 0 aliphatic carbocycles. The first kappa shape index (κ1) is 18.1. The number of hydrogen-bond donors (Lipinski definition) is 1. The molecule has 1 fully saturated rings. The number of rotatable bonds is 6. The van der Waals surface area contributed by atoms with E-state index in [1.165, 1.54) is 18.6 Å². The quantitative estimate of drug-likeness (QED) is 0.860. The number of aromatic nitrogens is 2. The third-order valence-corrected chi connectivity index (χ3v) is 4.29. The van der Waals surface area contributed by atoms with Crippen molar-refractivity contribution in [2.24, 2.45) is 0 Å². The van der Waals surface area contributed by atoms with E-state index < -0.39 is 11.9 Å². The number of carbonyl (C=O) groups excluding carboxylic acids is 1. The number of halogens is 1. The minimum atomic E-state index is -0.810. The van der Waals surface area contributed by atoms with Gasteiger partial charge in [-0.3, -0.25) is 4.79 Å². The average Bonchev–Trinajstić information content (AvgIpc) is 2.68. The van der Waals surface area contributed by atoms with Gasteiger partial charge < -0.3 is 15.0 Å². The van der Waals surface area contributed by atoms with Gasteiger partial charge in [0, 0.05) is 19.3 Å². The fourth-order valence-corrected chi connectivity index (χ4v) is 2.83. The molecule has 1 aliphatic rings. The first-order valence-electron chi connectivity index (χ1n) is 8.89. The highest BCUT2D eigenvalue weighted by Crippen LogP contribution is 2.17. The van der Waals surface area contributed by atoms with Crippen molar-refractivity contribution in [1.29, 1.82) is 0 Å². The van der Waals surface area contributed by atoms with Gasteiger partial charge in [-0.05, 0) is 44.4 Å². The van der Waals surface area contributed by atoms with Crippen molar-refractivity contribution in [2.45, 2.75) is 38.8 Å². The van der Waals surface area contributed by atoms with Crippen molar-refractivity contribution < 1.29 is 13.9 Å². The molecular formula is C19H23FN4O2. The zero-order valence-corrected chi connectivity index (χ0v) is 14.8. The van der Waals surface area contributed by atoms with Crippen LogP contribution in [0.15, 0.2) is 36.5 Å². The molecule has 2 aromatic rings. The summed E-state index contributed by atoms with van der Waals surface area (Å²) in [5.74, 6) is -0.0582. The number of carbonyl (C=O) groups is 1. The highest BCUT2D eigenvalue weighted by molar-refractivity contribution is 5.80. The zero-order valence-electron chi connectivity index (χ0n) is 14.8. The molecule has 0 bridgehead atoms. The van der Waals surface area contributed by atoms with Crippen LogP contribution in [0.2, 0.25) is 0 Å². The van der Waals surface area contributed by atoms with Crippen molar-refractivity contribution >= 4 is 11.9 Å². The minimum Gasteiger partial charge on any atom is -0.478 e. The van der Waals surface area contributed by atoms with Gasteiger partial charge >= 0.3 is 0 Å². The molecule has 1 amide bonds. The number of hydrogen-bond acceptors (Lipinski definition) is 5. The first-order valence-corrected chi connectivity index (χ1v) is 8.89. The Morgan fingerprint density at radius 1 is 1.27 bits per heavy atom. The summed E-state index contributed by atoms with van der Waals surface area (Å²) in [4.78, 5) is 23.2. The summed E-state index contributed by atoms with van der Waals surface area (Å²) in [6, 6.07) is 7.79. The van der Waals surface area contributed by atoms with E-state index in [-0.39, 0.29) is 18.2 Å². The van der Waals surface area contributed by atoms with Crippen LogP contribution < -0.4 is 15.0 Å². The zero-order chi connectivity index (χ0) is 18.4. The summed E-state index contributed by atoms with van der Waals surface area (Å²) < 4.78 is 19.0. The summed E-state index contributed by atoms with van der Waals surface area (Å²) in [6.45, 7) is 3.78. The van der Waals surface area contributed by atoms with Crippen LogP contribution in [-0.4, -0.2) is 35.1 Å². The van der Waals surface area contributed by atoms with Crippen LogP contribution in [-0.2, 0) is 11.3 Å². The first-order chi connectivity index (χ1) is 12.6. The van der Waals surface area contributed by atoms with E-state index in [2.05, 4.69) is 20.2 Å². The molecule has 1 N–H and O–H groups in total. The normalized spacial score (nSPS) is 15.4. The molecule has 1 aliphatic heterocycles. The molecule has 1 atom stereocenters. The van der Waals surface area contributed by atoms with E-state index in [4.69, 9.17) is 4.74 Å². The minimum absolute atomic E-state index is 0.0598. The number of nitrogens with zero attached hydrogens (tertiary/aromatic N) is 3. The molecule has 26 heavy (non-hydrogen) atoms. The summed E-state index contributed by atoms with van der Waals surface area (Å²) in [6.07, 6.45) is 4.43. The van der Waals surface area contributed by atoms with Crippen LogP contribution in [0.3, 0.4) is 0 Å². The van der Waals surface area contributed by atoms with Gasteiger partial charge in [0.15, 0.2) is 17.7 Å². The molecule has 2 heterocycles. The Kier molecular flexibility index (Phi) is 5.99. The molecule has 0 saturated carbocycles. The van der Waals surface area contributed by atoms with E-state index in [9.17, 15) is 9.18 Å². The maximum Gasteiger partial charge on any atom is 0.261 e. The van der Waals surface area contributed by atoms with Gasteiger partial charge in [-0.25, -0.2) is 14.4 Å². The molecule has 6 nitrogen and oxygen atoms in total. The predicted octanol–water partition coefficient (Wildman–Crippen LogP) is 2.69. The van der Waals surface area contributed by atoms with Gasteiger partial charge in [0.1, 0.15) is 0 Å². The van der Waals surface area contributed by atoms with E-state index in [1.54, 1.807) is 31.3 Å². The maximum atomic E-state index is 13.6. The number of ether oxygens (including phenoxy) is 1. The Morgan fingerprint density at radius 2 is 2.04 bits per heavy atom. The van der Waals surface area contributed by atoms with Crippen molar-refractivity contribution in [3.05, 3.63) is 48.0 Å². The third-order valence-electron chi connectivity index (χ3n) is 4.29. The van der Waals surface area contributed by atoms with E-state index in [0.717, 1.165) is 31.6 Å². The second kappa shape index (κ2) is 8.60. The Bertz CT molecular complexity index is 750. The Morgan fingerprint density at radius 3 is 2.81 bits per heavy atom. The van der Waals surface area contributed by atoms with Crippen LogP contribution in [0.4, 0.5) is 10.3 Å². The maximum absolute atomic E-state index is 13.6. The van der Waals surface area contributed by atoms with Gasteiger partial charge in [0.2, 0.25) is 5.95 Å². The molecule has 7 heteroatoms. The fraction of sp³-hybridized carbons (Fsp3) is 0.421. The summed E-state index contributed by atoms with van der Waals surface area (Å²) >= 11 is 0. The van der Waals surface area contributed by atoms with Crippen molar-refractivity contribution in [1.82, 2.24) is 15.3 Å². The number of anilines is 1. The second-order valence-electron chi connectivity index (χ2n) is 6.30. The van der Waals surface area contributed by atoms with Crippen LogP contribution >= 0.6 is 0 Å². The lowest BCUT2D eigenvalue weighted by atomic mass is 10.1. The second-order valence-corrected chi connectivity index (χ2v) is 6.30. The molecule has 1 saturated heterocycles. The molecular weight excluding hydrogens is 335 g/mol. The Labute approximate surface area is 152 Å². The van der Waals surface area contributed by atoms with Crippen molar-refractivity contribution in [3.63, 3.8) is 0 Å². The molecule has 0 spiro atoms. The monoisotopic (exact) mass is 358 g/mol. The predicted molar refractivity (Wildman–Crippen MR) is 96.4 cm³/mol. The Balaban J connectivity index is 1.54. The number of nitrogens with one attached hydrogen (secondary N) is 1. The third kappa shape index (κ3) is 4.68. The van der Waals surface area contributed by atoms with E-state index in [0.29, 0.717) is 5.95 Å². The van der Waals surface area contributed by atoms with Gasteiger partial charge in [-0.1, -0.05) is 12.1 Å². The van der Waals surface area contributed by atoms with Gasteiger partial charge in [0.25, 0.3) is 5.91 Å². The SMILES string of the molecule is CC(Oc1ccccc1F)C(=O)NCc1ccnc(N2CCCCC2)n1. The lowest BCUT2D eigenvalue weighted by molar-refractivity contribution is -0.127. The Hall–Kier alpha value is -2.70. The summed E-state index contributed by atoms with van der Waals surface area (Å²) in [7, 11) is 0. The van der Waals surface area contributed by atoms with Crippen molar-refractivity contribution in [3.8, 4) is 5.75 Å². The highest BCUT2D eigenvalue weighted by atomic mass is 19.1. The summed E-state index contributed by atoms with van der Waals surface area (Å²) in [5.41, 5.74) is 0.729. The molecule has 138 valence electrons. The van der Waals surface area contributed by atoms with Gasteiger partial charge in [0.05, 0.1) is 12.2 Å². The lowest BCUT2D eigenvalue weighted by Crippen LogP contribution is -2.36. The molecule has 1 unspecified atom stereocenters. The molecule has 1 aromatic heterocycles. The standard InChI is InChI=1S/C19H23FN4O2/c1-14(26-17-8-4-3-7-16(17)20)18(25)22-13-15-9-10-21-19(23-15)24-11-5-2-6-12-24/h3-4,7-10,14H,2,5-6,11-13H2,1H3,(H,22,25). The van der Waals surface area contributed by atoms with Crippen molar-refractivity contribution in [2.75, 3.05) is 18.0 Å². The molecule has 0 radical (unpaired) electrons. The molecule has 1 aromatic carbocycles. The number of benzene rings is 1. The fourth-order valence-electron chi connectivity index (χ4n) is 2.83.